The van der Waals surface area contributed by atoms with Gasteiger partial charge in [0.25, 0.3) is 0 Å². The fourth-order valence-electron chi connectivity index (χ4n) is 3.13. The molecule has 1 saturated heterocycles. The van der Waals surface area contributed by atoms with Crippen molar-refractivity contribution in [2.75, 3.05) is 26.3 Å². The van der Waals surface area contributed by atoms with E-state index >= 15 is 0 Å². The molecule has 1 heterocycles. The van der Waals surface area contributed by atoms with E-state index in [-0.39, 0.29) is 12.0 Å². The largest absolute Gasteiger partial charge is 0.474 e. The minimum absolute atomic E-state index is 0.0246. The molecule has 0 aromatic heterocycles. The first-order chi connectivity index (χ1) is 10.6. The van der Waals surface area contributed by atoms with E-state index in [9.17, 15) is 0 Å². The van der Waals surface area contributed by atoms with E-state index in [1.165, 1.54) is 12.8 Å². The molecule has 2 aliphatic rings. The molecule has 0 atom stereocenters. The molecular formula is C16H30N4O2. The van der Waals surface area contributed by atoms with Crippen molar-refractivity contribution in [3.8, 4) is 0 Å². The molecular weight excluding hydrogens is 280 g/mol. The maximum atomic E-state index is 7.73. The topological polar surface area (TPSA) is 83.6 Å². The lowest BCUT2D eigenvalue weighted by atomic mass is 9.90. The summed E-state index contributed by atoms with van der Waals surface area (Å²) >= 11 is 0. The summed E-state index contributed by atoms with van der Waals surface area (Å²) in [5.74, 6) is 0.0458. The Balaban J connectivity index is 1.71. The first-order valence-corrected chi connectivity index (χ1v) is 8.35. The SMILES string of the molecule is CC(C)OC(=N)/C(N)=C\N[C@H]1CC[C@H](N2CCOCC2)CC1. The van der Waals surface area contributed by atoms with Crippen LogP contribution < -0.4 is 11.1 Å². The number of nitrogens with two attached hydrogens (primary N) is 1. The van der Waals surface area contributed by atoms with Crippen LogP contribution in [0.2, 0.25) is 0 Å². The lowest BCUT2D eigenvalue weighted by Crippen LogP contribution is -2.46. The van der Waals surface area contributed by atoms with Crippen molar-refractivity contribution >= 4 is 5.90 Å². The average Bonchev–Trinajstić information content (AvgIpc) is 2.53. The minimum atomic E-state index is -0.0246. The van der Waals surface area contributed by atoms with Crippen LogP contribution in [0.1, 0.15) is 39.5 Å². The van der Waals surface area contributed by atoms with Crippen molar-refractivity contribution < 1.29 is 9.47 Å². The van der Waals surface area contributed by atoms with E-state index in [2.05, 4.69) is 10.2 Å². The maximum Gasteiger partial charge on any atom is 0.231 e. The van der Waals surface area contributed by atoms with E-state index in [0.717, 1.165) is 39.1 Å². The third kappa shape index (κ3) is 5.18. The molecule has 6 heteroatoms. The quantitative estimate of drug-likeness (QED) is 0.528. The normalized spacial score (nSPS) is 27.7. The van der Waals surface area contributed by atoms with Crippen LogP contribution in [0.4, 0.5) is 0 Å². The summed E-state index contributed by atoms with van der Waals surface area (Å²) in [4.78, 5) is 2.57. The van der Waals surface area contributed by atoms with Gasteiger partial charge in [0.2, 0.25) is 5.90 Å². The second-order valence-corrected chi connectivity index (χ2v) is 6.42. The summed E-state index contributed by atoms with van der Waals surface area (Å²) in [6.45, 7) is 7.66. The predicted octanol–water partition coefficient (Wildman–Crippen LogP) is 1.42. The molecule has 126 valence electrons. The third-order valence-electron chi connectivity index (χ3n) is 4.35. The van der Waals surface area contributed by atoms with Gasteiger partial charge in [-0.1, -0.05) is 0 Å². The fourth-order valence-corrected chi connectivity index (χ4v) is 3.13. The van der Waals surface area contributed by atoms with Gasteiger partial charge < -0.3 is 20.5 Å². The van der Waals surface area contributed by atoms with Gasteiger partial charge in [0, 0.05) is 31.4 Å². The van der Waals surface area contributed by atoms with Gasteiger partial charge in [-0.05, 0) is 39.5 Å². The molecule has 4 N–H and O–H groups in total. The second kappa shape index (κ2) is 8.39. The van der Waals surface area contributed by atoms with E-state index in [4.69, 9.17) is 20.6 Å². The Kier molecular flexibility index (Phi) is 6.51. The minimum Gasteiger partial charge on any atom is -0.474 e. The molecule has 0 aromatic carbocycles. The van der Waals surface area contributed by atoms with Gasteiger partial charge in [0.1, 0.15) is 5.70 Å². The highest BCUT2D eigenvalue weighted by molar-refractivity contribution is 5.89. The Labute approximate surface area is 133 Å². The molecule has 6 nitrogen and oxygen atoms in total. The highest BCUT2D eigenvalue weighted by Crippen LogP contribution is 2.23. The number of hydrogen-bond donors (Lipinski definition) is 3. The van der Waals surface area contributed by atoms with E-state index in [0.29, 0.717) is 17.8 Å². The molecule has 0 bridgehead atoms. The van der Waals surface area contributed by atoms with Crippen LogP contribution in [0, 0.1) is 5.41 Å². The Bertz CT molecular complexity index is 384. The Morgan fingerprint density at radius 3 is 2.50 bits per heavy atom. The smallest absolute Gasteiger partial charge is 0.231 e. The highest BCUT2D eigenvalue weighted by atomic mass is 16.5. The van der Waals surface area contributed by atoms with Crippen molar-refractivity contribution in [3.05, 3.63) is 11.9 Å². The Morgan fingerprint density at radius 2 is 1.91 bits per heavy atom. The molecule has 1 aliphatic heterocycles. The van der Waals surface area contributed by atoms with Crippen LogP contribution in [0.5, 0.6) is 0 Å². The van der Waals surface area contributed by atoms with Crippen LogP contribution in [0.3, 0.4) is 0 Å². The van der Waals surface area contributed by atoms with Gasteiger partial charge >= 0.3 is 0 Å². The number of hydrogen-bond acceptors (Lipinski definition) is 6. The number of nitrogens with one attached hydrogen (secondary N) is 2. The number of morpholine rings is 1. The first-order valence-electron chi connectivity index (χ1n) is 8.35. The van der Waals surface area contributed by atoms with Crippen LogP contribution in [0.15, 0.2) is 11.9 Å². The molecule has 0 unspecified atom stereocenters. The number of nitrogens with zero attached hydrogens (tertiary/aromatic N) is 1. The lowest BCUT2D eigenvalue weighted by Gasteiger charge is -2.38. The Hall–Kier alpha value is -1.27. The average molecular weight is 310 g/mol. The lowest BCUT2D eigenvalue weighted by molar-refractivity contribution is 0.00690. The molecule has 0 radical (unpaired) electrons. The first kappa shape index (κ1) is 17.1. The van der Waals surface area contributed by atoms with E-state index in [1.54, 1.807) is 6.20 Å². The molecule has 0 spiro atoms. The molecule has 1 saturated carbocycles. The van der Waals surface area contributed by atoms with E-state index < -0.39 is 0 Å². The molecule has 2 rings (SSSR count). The van der Waals surface area contributed by atoms with Crippen LogP contribution >= 0.6 is 0 Å². The highest BCUT2D eigenvalue weighted by Gasteiger charge is 2.26. The van der Waals surface area contributed by atoms with E-state index in [1.807, 2.05) is 13.8 Å². The second-order valence-electron chi connectivity index (χ2n) is 6.42. The van der Waals surface area contributed by atoms with Gasteiger partial charge in [-0.15, -0.1) is 0 Å². The molecule has 0 aromatic rings. The Morgan fingerprint density at radius 1 is 1.27 bits per heavy atom. The van der Waals surface area contributed by atoms with Crippen LogP contribution in [-0.4, -0.2) is 55.3 Å². The summed E-state index contributed by atoms with van der Waals surface area (Å²) < 4.78 is 10.7. The predicted molar refractivity (Wildman–Crippen MR) is 87.8 cm³/mol. The van der Waals surface area contributed by atoms with Crippen molar-refractivity contribution in [2.45, 2.75) is 57.7 Å². The van der Waals surface area contributed by atoms with Crippen molar-refractivity contribution in [1.29, 1.82) is 5.41 Å². The standard InChI is InChI=1S/C16H30N4O2/c1-12(2)22-16(18)15(17)11-19-13-3-5-14(6-4-13)20-7-9-21-10-8-20/h11-14,18-19H,3-10,17H2,1-2H3/b15-11+,18-16?/t13-,14-. The van der Waals surface area contributed by atoms with Crippen LogP contribution in [0.25, 0.3) is 0 Å². The summed E-state index contributed by atoms with van der Waals surface area (Å²) in [7, 11) is 0. The molecule has 2 fully saturated rings. The molecule has 22 heavy (non-hydrogen) atoms. The summed E-state index contributed by atoms with van der Waals surface area (Å²) in [5.41, 5.74) is 6.22. The number of ether oxygens (including phenoxy) is 2. The summed E-state index contributed by atoms with van der Waals surface area (Å²) in [6, 6.07) is 1.15. The zero-order valence-corrected chi connectivity index (χ0v) is 13.8. The van der Waals surface area contributed by atoms with Gasteiger partial charge in [0.05, 0.1) is 19.3 Å². The van der Waals surface area contributed by atoms with Gasteiger partial charge in [0.15, 0.2) is 0 Å². The van der Waals surface area contributed by atoms with Gasteiger partial charge in [-0.2, -0.15) is 0 Å². The van der Waals surface area contributed by atoms with Crippen molar-refractivity contribution in [1.82, 2.24) is 10.2 Å². The molecule has 0 amide bonds. The third-order valence-corrected chi connectivity index (χ3v) is 4.35. The zero-order chi connectivity index (χ0) is 15.9. The van der Waals surface area contributed by atoms with Gasteiger partial charge in [-0.25, -0.2) is 0 Å². The summed E-state index contributed by atoms with van der Waals surface area (Å²) in [5, 5.41) is 11.1. The number of rotatable bonds is 5. The van der Waals surface area contributed by atoms with Gasteiger partial charge in [-0.3, -0.25) is 10.3 Å². The zero-order valence-electron chi connectivity index (χ0n) is 13.8. The maximum absolute atomic E-state index is 7.73. The molecule has 1 aliphatic carbocycles. The fraction of sp³-hybridized carbons (Fsp3) is 0.812. The van der Waals surface area contributed by atoms with Crippen molar-refractivity contribution in [3.63, 3.8) is 0 Å². The van der Waals surface area contributed by atoms with Crippen molar-refractivity contribution in [2.24, 2.45) is 5.73 Å². The van der Waals surface area contributed by atoms with Crippen LogP contribution in [-0.2, 0) is 9.47 Å². The monoisotopic (exact) mass is 310 g/mol. The summed E-state index contributed by atoms with van der Waals surface area (Å²) in [6.07, 6.45) is 6.42.